The van der Waals surface area contributed by atoms with Crippen molar-refractivity contribution in [3.63, 3.8) is 0 Å². The number of nitrogens with zero attached hydrogens (tertiary/aromatic N) is 5. The van der Waals surface area contributed by atoms with Crippen molar-refractivity contribution in [3.05, 3.63) is 66.5 Å². The molecule has 4 aliphatic rings. The smallest absolute Gasteiger partial charge is 0.407 e. The lowest BCUT2D eigenvalue weighted by molar-refractivity contribution is -0.135. The molecule has 6 heterocycles. The van der Waals surface area contributed by atoms with Gasteiger partial charge in [0.25, 0.3) is 0 Å². The molecule has 61 heavy (non-hydrogen) atoms. The Morgan fingerprint density at radius 2 is 1.44 bits per heavy atom. The number of imidazole rings is 2. The molecule has 16 heteroatoms. The van der Waals surface area contributed by atoms with Gasteiger partial charge in [0.15, 0.2) is 5.72 Å². The highest BCUT2D eigenvalue weighted by atomic mass is 16.5. The van der Waals surface area contributed by atoms with Crippen molar-refractivity contribution < 1.29 is 33.4 Å². The first kappa shape index (κ1) is 40.1. The maximum absolute atomic E-state index is 13.7. The van der Waals surface area contributed by atoms with Crippen molar-refractivity contribution in [1.29, 1.82) is 0 Å². The predicted molar refractivity (Wildman–Crippen MR) is 226 cm³/mol. The van der Waals surface area contributed by atoms with E-state index in [-0.39, 0.29) is 29.8 Å². The number of benzene rings is 2. The Kier molecular flexibility index (Phi) is 10.3. The van der Waals surface area contributed by atoms with Crippen LogP contribution < -0.4 is 15.4 Å². The number of alkyl carbamates (subject to hydrolysis) is 2. The fraction of sp³-hybridized carbons (Fsp3) is 0.467. The number of carbonyl (C=O) groups is 4. The maximum atomic E-state index is 13.7. The number of H-pyrrole nitrogens is 2. The van der Waals surface area contributed by atoms with Crippen LogP contribution in [-0.4, -0.2) is 97.7 Å². The van der Waals surface area contributed by atoms with Crippen LogP contribution in [0.5, 0.6) is 5.75 Å². The number of nitrogens with one attached hydrogen (secondary N) is 4. The van der Waals surface area contributed by atoms with Crippen molar-refractivity contribution >= 4 is 34.9 Å². The molecular formula is C45H53N9O7. The Hall–Kier alpha value is -6.32. The number of carbonyl (C=O) groups excluding carboxylic acids is 4. The van der Waals surface area contributed by atoms with E-state index in [2.05, 4.69) is 74.6 Å². The molecule has 320 valence electrons. The molecule has 2 saturated heterocycles. The number of aromatic nitrogens is 5. The minimum absolute atomic E-state index is 0.120. The van der Waals surface area contributed by atoms with E-state index >= 15 is 0 Å². The van der Waals surface area contributed by atoms with Crippen LogP contribution in [0.25, 0.3) is 44.7 Å². The number of ether oxygens (including phenoxy) is 3. The summed E-state index contributed by atoms with van der Waals surface area (Å²) in [5, 5.41) is 6.46. The lowest BCUT2D eigenvalue weighted by atomic mass is 10.0. The van der Waals surface area contributed by atoms with Crippen LogP contribution >= 0.6 is 0 Å². The fourth-order valence-corrected chi connectivity index (χ4v) is 9.60. The molecule has 1 aliphatic carbocycles. The van der Waals surface area contributed by atoms with E-state index in [1.54, 1.807) is 0 Å². The van der Waals surface area contributed by atoms with Crippen molar-refractivity contribution in [2.75, 3.05) is 27.3 Å². The highest BCUT2D eigenvalue weighted by Gasteiger charge is 2.59. The molecule has 5 aromatic rings. The Morgan fingerprint density at radius 3 is 2.03 bits per heavy atom. The first-order chi connectivity index (χ1) is 29.4. The van der Waals surface area contributed by atoms with E-state index < -0.39 is 30.0 Å². The SMILES string of the molecule is CC[C@H](NC(=O)OC)C(=O)N1CCC[C@H]1c1ncc(-c2ccc3c(c2)cc2n3C3(CC3C)Oc3cc(-c4cnc([C@@H]5CCCN5C(=O)[C@@H](NC(=O)OC)C(C)C)[nH]4)ccc3-2)[nH]1. The highest BCUT2D eigenvalue weighted by Crippen LogP contribution is 2.59. The normalized spacial score (nSPS) is 22.4. The minimum Gasteiger partial charge on any atom is -0.467 e. The van der Waals surface area contributed by atoms with Gasteiger partial charge in [-0.2, -0.15) is 0 Å². The zero-order valence-corrected chi connectivity index (χ0v) is 35.4. The standard InChI is InChI=1S/C45H53N9O7/c1-7-30(50-43(57)59-5)41(55)52-16-8-10-34(52)39-46-22-31(48-39)26-13-15-33-28(18-26)19-36-29-14-12-27(20-37(29)61-45(54(33)36)21-25(45)4)32-23-47-40(49-32)35-11-9-17-53(35)42(56)38(24(2)3)51-44(58)60-6/h12-15,18-20,22-25,30,34-35,38H,7-11,16-17,21H2,1-6H3,(H,46,48)(H,47,49)(H,50,57)(H,51,58)/t25?,30-,34-,35-,38-,45?/m0/s1. The lowest BCUT2D eigenvalue weighted by Crippen LogP contribution is -2.51. The number of methoxy groups -OCH3 is 2. The van der Waals surface area contributed by atoms with E-state index in [1.165, 1.54) is 14.2 Å². The van der Waals surface area contributed by atoms with Crippen LogP contribution in [0.15, 0.2) is 54.9 Å². The molecule has 2 aromatic carbocycles. The Labute approximate surface area is 353 Å². The third-order valence-corrected chi connectivity index (χ3v) is 13.0. The van der Waals surface area contributed by atoms with Crippen molar-refractivity contribution in [2.24, 2.45) is 11.8 Å². The minimum atomic E-state index is -0.705. The fourth-order valence-electron chi connectivity index (χ4n) is 9.60. The Bertz CT molecular complexity index is 2520. The highest BCUT2D eigenvalue weighted by molar-refractivity contribution is 5.93. The molecule has 0 radical (unpaired) electrons. The first-order valence-corrected chi connectivity index (χ1v) is 21.3. The van der Waals surface area contributed by atoms with E-state index in [1.807, 2.05) is 43.0 Å². The summed E-state index contributed by atoms with van der Waals surface area (Å²) in [6.45, 7) is 9.06. The van der Waals surface area contributed by atoms with Crippen molar-refractivity contribution in [1.82, 2.24) is 44.9 Å². The zero-order valence-electron chi connectivity index (χ0n) is 35.4. The summed E-state index contributed by atoms with van der Waals surface area (Å²) in [6.07, 6.45) is 6.94. The molecule has 6 atom stereocenters. The summed E-state index contributed by atoms with van der Waals surface area (Å²) in [6, 6.07) is 13.1. The molecule has 2 unspecified atom stereocenters. The van der Waals surface area contributed by atoms with Crippen LogP contribution in [0.3, 0.4) is 0 Å². The van der Waals surface area contributed by atoms with Crippen molar-refractivity contribution in [3.8, 4) is 39.5 Å². The summed E-state index contributed by atoms with van der Waals surface area (Å²) in [5.74, 6) is 2.13. The molecule has 1 saturated carbocycles. The average Bonchev–Trinajstić information content (AvgIpc) is 4.02. The average molecular weight is 832 g/mol. The van der Waals surface area contributed by atoms with E-state index in [9.17, 15) is 19.2 Å². The molecule has 3 fully saturated rings. The quantitative estimate of drug-likeness (QED) is 0.115. The molecule has 3 aliphatic heterocycles. The lowest BCUT2D eigenvalue weighted by Gasteiger charge is -2.31. The molecule has 3 aromatic heterocycles. The van der Waals surface area contributed by atoms with E-state index in [4.69, 9.17) is 24.2 Å². The third-order valence-electron chi connectivity index (χ3n) is 13.0. The summed E-state index contributed by atoms with van der Waals surface area (Å²) in [5.41, 5.74) is 6.27. The number of rotatable bonds is 10. The summed E-state index contributed by atoms with van der Waals surface area (Å²) in [4.78, 5) is 71.4. The van der Waals surface area contributed by atoms with E-state index in [0.29, 0.717) is 31.3 Å². The van der Waals surface area contributed by atoms with Crippen LogP contribution in [0.1, 0.15) is 90.0 Å². The van der Waals surface area contributed by atoms with Crippen LogP contribution in [0.2, 0.25) is 0 Å². The van der Waals surface area contributed by atoms with Gasteiger partial charge in [-0.1, -0.05) is 39.8 Å². The molecular weight excluding hydrogens is 779 g/mol. The summed E-state index contributed by atoms with van der Waals surface area (Å²) < 4.78 is 18.8. The number of fused-ring (bicyclic) bond motifs is 6. The predicted octanol–water partition coefficient (Wildman–Crippen LogP) is 7.02. The van der Waals surface area contributed by atoms with Crippen LogP contribution in [0, 0.1) is 11.8 Å². The number of likely N-dealkylation sites (tertiary alicyclic amines) is 2. The van der Waals surface area contributed by atoms with Gasteiger partial charge >= 0.3 is 12.2 Å². The maximum Gasteiger partial charge on any atom is 0.407 e. The Balaban J connectivity index is 0.968. The number of hydrogen-bond donors (Lipinski definition) is 4. The second kappa shape index (κ2) is 15.6. The Morgan fingerprint density at radius 1 is 0.852 bits per heavy atom. The van der Waals surface area contributed by atoms with Gasteiger partial charge in [-0.3, -0.25) is 9.59 Å². The first-order valence-electron chi connectivity index (χ1n) is 21.3. The largest absolute Gasteiger partial charge is 0.467 e. The van der Waals surface area contributed by atoms with Gasteiger partial charge in [0, 0.05) is 47.5 Å². The summed E-state index contributed by atoms with van der Waals surface area (Å²) >= 11 is 0. The molecule has 9 rings (SSSR count). The molecule has 4 N–H and O–H groups in total. The topological polar surface area (TPSA) is 189 Å². The van der Waals surface area contributed by atoms with Gasteiger partial charge in [0.1, 0.15) is 29.5 Å². The molecule has 4 amide bonds. The van der Waals surface area contributed by atoms with Gasteiger partial charge in [-0.25, -0.2) is 19.6 Å². The monoisotopic (exact) mass is 831 g/mol. The zero-order chi connectivity index (χ0) is 42.7. The second-order valence-electron chi connectivity index (χ2n) is 17.1. The number of amides is 4. The number of aromatic amines is 2. The third kappa shape index (κ3) is 6.94. The van der Waals surface area contributed by atoms with Gasteiger partial charge in [0.2, 0.25) is 11.8 Å². The van der Waals surface area contributed by atoms with Gasteiger partial charge in [0.05, 0.1) is 61.3 Å². The van der Waals surface area contributed by atoms with Gasteiger partial charge in [-0.15, -0.1) is 0 Å². The molecule has 1 spiro atoms. The van der Waals surface area contributed by atoms with E-state index in [0.717, 1.165) is 88.4 Å². The van der Waals surface area contributed by atoms with Crippen LogP contribution in [0.4, 0.5) is 9.59 Å². The molecule has 16 nitrogen and oxygen atoms in total. The van der Waals surface area contributed by atoms with Crippen molar-refractivity contribution in [2.45, 2.75) is 96.1 Å². The van der Waals surface area contributed by atoms with Crippen LogP contribution in [-0.2, 0) is 24.8 Å². The summed E-state index contributed by atoms with van der Waals surface area (Å²) in [7, 11) is 2.58. The number of hydrogen-bond acceptors (Lipinski definition) is 9. The molecule has 0 bridgehead atoms. The van der Waals surface area contributed by atoms with Gasteiger partial charge < -0.3 is 49.2 Å². The second-order valence-corrected chi connectivity index (χ2v) is 17.1. The van der Waals surface area contributed by atoms with Gasteiger partial charge in [-0.05, 0) is 68.4 Å².